The molecule has 0 spiro atoms. The smallest absolute Gasteiger partial charge is 0.343 e. The number of aromatic hydroxyl groups is 1. The van der Waals surface area contributed by atoms with Gasteiger partial charge in [-0.25, -0.2) is 4.79 Å². The quantitative estimate of drug-likeness (QED) is 0.503. The van der Waals surface area contributed by atoms with Crippen LogP contribution in [-0.4, -0.2) is 11.1 Å². The fourth-order valence-corrected chi connectivity index (χ4v) is 1.96. The van der Waals surface area contributed by atoms with Crippen LogP contribution in [0, 0.1) is 0 Å². The molecule has 21 heavy (non-hydrogen) atoms. The molecule has 0 aliphatic carbocycles. The third kappa shape index (κ3) is 3.54. The fourth-order valence-electron chi connectivity index (χ4n) is 1.96. The lowest BCUT2D eigenvalue weighted by molar-refractivity contribution is 0.0734. The topological polar surface area (TPSA) is 72.5 Å². The van der Waals surface area contributed by atoms with Crippen molar-refractivity contribution in [3.63, 3.8) is 0 Å². The average molecular weight is 285 g/mol. The second-order valence-corrected chi connectivity index (χ2v) is 5.94. The molecule has 0 radical (unpaired) electrons. The molecule has 2 rings (SSSR count). The van der Waals surface area contributed by atoms with E-state index in [2.05, 4.69) is 0 Å². The van der Waals surface area contributed by atoms with Gasteiger partial charge in [-0.05, 0) is 47.9 Å². The molecule has 0 aliphatic rings. The molecule has 2 aromatic carbocycles. The zero-order chi connectivity index (χ0) is 15.6. The number of phenols is 1. The van der Waals surface area contributed by atoms with Crippen LogP contribution in [0.25, 0.3) is 0 Å². The lowest BCUT2D eigenvalue weighted by atomic mass is 9.86. The van der Waals surface area contributed by atoms with Gasteiger partial charge in [0.05, 0.1) is 5.56 Å². The summed E-state index contributed by atoms with van der Waals surface area (Å²) in [5.74, 6) is 0.134. The summed E-state index contributed by atoms with van der Waals surface area (Å²) in [7, 11) is 0. The fraction of sp³-hybridized carbons (Fsp3) is 0.235. The highest BCUT2D eigenvalue weighted by atomic mass is 16.5. The maximum absolute atomic E-state index is 12.0. The van der Waals surface area contributed by atoms with Crippen molar-refractivity contribution in [2.75, 3.05) is 5.73 Å². The number of phenolic OH excluding ortho intramolecular Hbond substituents is 1. The molecular formula is C17H19NO3. The van der Waals surface area contributed by atoms with E-state index >= 15 is 0 Å². The van der Waals surface area contributed by atoms with Gasteiger partial charge < -0.3 is 15.6 Å². The van der Waals surface area contributed by atoms with Gasteiger partial charge >= 0.3 is 5.97 Å². The van der Waals surface area contributed by atoms with Crippen molar-refractivity contribution in [1.29, 1.82) is 0 Å². The summed E-state index contributed by atoms with van der Waals surface area (Å²) in [6.45, 7) is 5.94. The highest BCUT2D eigenvalue weighted by Gasteiger charge is 2.19. The number of hydrogen-bond donors (Lipinski definition) is 2. The van der Waals surface area contributed by atoms with E-state index in [0.29, 0.717) is 17.0 Å². The van der Waals surface area contributed by atoms with Crippen molar-refractivity contribution < 1.29 is 14.6 Å². The molecule has 0 amide bonds. The van der Waals surface area contributed by atoms with Crippen molar-refractivity contribution in [2.45, 2.75) is 26.2 Å². The van der Waals surface area contributed by atoms with Crippen molar-refractivity contribution in [1.82, 2.24) is 0 Å². The summed E-state index contributed by atoms with van der Waals surface area (Å²) < 4.78 is 5.34. The number of rotatable bonds is 2. The molecule has 0 aliphatic heterocycles. The van der Waals surface area contributed by atoms with Gasteiger partial charge in [0.1, 0.15) is 11.5 Å². The monoisotopic (exact) mass is 285 g/mol. The Hall–Kier alpha value is -2.49. The first-order chi connectivity index (χ1) is 9.77. The molecule has 4 heteroatoms. The second-order valence-electron chi connectivity index (χ2n) is 5.94. The van der Waals surface area contributed by atoms with Gasteiger partial charge in [0.25, 0.3) is 0 Å². The van der Waals surface area contributed by atoms with E-state index in [9.17, 15) is 9.90 Å². The SMILES string of the molecule is CC(C)(C)c1cc(OC(=O)c2ccc(N)cc2)ccc1O. The normalized spacial score (nSPS) is 11.2. The number of esters is 1. The predicted octanol–water partition coefficient (Wildman–Crippen LogP) is 3.49. The highest BCUT2D eigenvalue weighted by Crippen LogP contribution is 2.33. The molecular weight excluding hydrogens is 266 g/mol. The summed E-state index contributed by atoms with van der Waals surface area (Å²) in [4.78, 5) is 12.0. The van der Waals surface area contributed by atoms with Crippen LogP contribution in [0.3, 0.4) is 0 Å². The number of nitrogens with two attached hydrogens (primary N) is 1. The molecule has 0 heterocycles. The molecule has 0 atom stereocenters. The molecule has 0 saturated heterocycles. The Morgan fingerprint density at radius 2 is 1.71 bits per heavy atom. The molecule has 2 aromatic rings. The molecule has 0 fully saturated rings. The number of benzene rings is 2. The molecule has 0 saturated carbocycles. The van der Waals surface area contributed by atoms with Crippen LogP contribution in [0.4, 0.5) is 5.69 Å². The average Bonchev–Trinajstić information content (AvgIpc) is 2.40. The van der Waals surface area contributed by atoms with Crippen molar-refractivity contribution in [2.24, 2.45) is 0 Å². The van der Waals surface area contributed by atoms with E-state index < -0.39 is 5.97 Å². The van der Waals surface area contributed by atoms with E-state index in [1.165, 1.54) is 6.07 Å². The van der Waals surface area contributed by atoms with E-state index in [1.807, 2.05) is 20.8 Å². The van der Waals surface area contributed by atoms with Gasteiger partial charge in [-0.1, -0.05) is 20.8 Å². The Morgan fingerprint density at radius 3 is 2.29 bits per heavy atom. The van der Waals surface area contributed by atoms with Crippen LogP contribution in [-0.2, 0) is 5.41 Å². The van der Waals surface area contributed by atoms with E-state index in [1.54, 1.807) is 36.4 Å². The maximum Gasteiger partial charge on any atom is 0.343 e. The minimum Gasteiger partial charge on any atom is -0.508 e. The zero-order valence-electron chi connectivity index (χ0n) is 12.4. The number of carbonyl (C=O) groups is 1. The number of carbonyl (C=O) groups excluding carboxylic acids is 1. The third-order valence-corrected chi connectivity index (χ3v) is 3.13. The zero-order valence-corrected chi connectivity index (χ0v) is 12.4. The molecule has 110 valence electrons. The highest BCUT2D eigenvalue weighted by molar-refractivity contribution is 5.91. The summed E-state index contributed by atoms with van der Waals surface area (Å²) in [5, 5.41) is 9.90. The lowest BCUT2D eigenvalue weighted by Crippen LogP contribution is -2.13. The minimum atomic E-state index is -0.458. The van der Waals surface area contributed by atoms with E-state index in [0.717, 1.165) is 5.56 Å². The predicted molar refractivity (Wildman–Crippen MR) is 82.6 cm³/mol. The third-order valence-electron chi connectivity index (χ3n) is 3.13. The molecule has 0 bridgehead atoms. The van der Waals surface area contributed by atoms with Crippen LogP contribution in [0.15, 0.2) is 42.5 Å². The van der Waals surface area contributed by atoms with E-state index in [-0.39, 0.29) is 11.2 Å². The van der Waals surface area contributed by atoms with Gasteiger partial charge in [-0.15, -0.1) is 0 Å². The summed E-state index contributed by atoms with van der Waals surface area (Å²) in [6, 6.07) is 11.3. The van der Waals surface area contributed by atoms with Gasteiger partial charge in [-0.2, -0.15) is 0 Å². The van der Waals surface area contributed by atoms with Crippen molar-refractivity contribution in [3.8, 4) is 11.5 Å². The van der Waals surface area contributed by atoms with Crippen molar-refractivity contribution >= 4 is 11.7 Å². The van der Waals surface area contributed by atoms with Gasteiger partial charge in [0, 0.05) is 11.3 Å². The molecule has 0 aromatic heterocycles. The number of nitrogen functional groups attached to an aromatic ring is 1. The number of hydrogen-bond acceptors (Lipinski definition) is 4. The largest absolute Gasteiger partial charge is 0.508 e. The Balaban J connectivity index is 2.24. The van der Waals surface area contributed by atoms with Crippen molar-refractivity contribution in [3.05, 3.63) is 53.6 Å². The first kappa shape index (κ1) is 14.9. The van der Waals surface area contributed by atoms with Gasteiger partial charge in [-0.3, -0.25) is 0 Å². The summed E-state index contributed by atoms with van der Waals surface area (Å²) in [5.41, 5.74) is 7.08. The van der Waals surface area contributed by atoms with Crippen LogP contribution in [0.5, 0.6) is 11.5 Å². The Kier molecular flexibility index (Phi) is 3.89. The molecule has 4 nitrogen and oxygen atoms in total. The number of anilines is 1. The summed E-state index contributed by atoms with van der Waals surface area (Å²) >= 11 is 0. The summed E-state index contributed by atoms with van der Waals surface area (Å²) in [6.07, 6.45) is 0. The molecule has 3 N–H and O–H groups in total. The van der Waals surface area contributed by atoms with E-state index in [4.69, 9.17) is 10.5 Å². The van der Waals surface area contributed by atoms with Crippen LogP contribution < -0.4 is 10.5 Å². The van der Waals surface area contributed by atoms with Crippen LogP contribution in [0.1, 0.15) is 36.7 Å². The first-order valence-corrected chi connectivity index (χ1v) is 6.68. The van der Waals surface area contributed by atoms with Crippen LogP contribution in [0.2, 0.25) is 0 Å². The van der Waals surface area contributed by atoms with Gasteiger partial charge in [0.2, 0.25) is 0 Å². The first-order valence-electron chi connectivity index (χ1n) is 6.68. The lowest BCUT2D eigenvalue weighted by Gasteiger charge is -2.21. The Labute approximate surface area is 124 Å². The standard InChI is InChI=1S/C17H19NO3/c1-17(2,3)14-10-13(8-9-15(14)19)21-16(20)11-4-6-12(18)7-5-11/h4-10,19H,18H2,1-3H3. The van der Waals surface area contributed by atoms with Crippen LogP contribution >= 0.6 is 0 Å². The maximum atomic E-state index is 12.0. The van der Waals surface area contributed by atoms with Gasteiger partial charge in [0.15, 0.2) is 0 Å². The number of ether oxygens (including phenoxy) is 1. The second kappa shape index (κ2) is 5.48. The molecule has 0 unspecified atom stereocenters. The Bertz CT molecular complexity index is 655. The Morgan fingerprint density at radius 1 is 1.10 bits per heavy atom. The minimum absolute atomic E-state index is 0.190.